The number of esters is 2. The van der Waals surface area contributed by atoms with Crippen molar-refractivity contribution in [3.05, 3.63) is 48.5 Å². The Bertz CT molecular complexity index is 985. The number of ether oxygens (including phenoxy) is 8. The first kappa shape index (κ1) is 31.3. The Labute approximate surface area is 235 Å². The fourth-order valence-electron chi connectivity index (χ4n) is 4.10. The summed E-state index contributed by atoms with van der Waals surface area (Å²) in [5, 5.41) is 0. The van der Waals surface area contributed by atoms with Crippen molar-refractivity contribution in [3.8, 4) is 23.0 Å². The zero-order valence-corrected chi connectivity index (χ0v) is 23.3. The molecule has 0 saturated heterocycles. The van der Waals surface area contributed by atoms with E-state index in [4.69, 9.17) is 37.9 Å². The average molecular weight is 561 g/mol. The minimum Gasteiger partial charge on any atom is -0.491 e. The lowest BCUT2D eigenvalue weighted by Crippen LogP contribution is -2.30. The molecule has 220 valence electrons. The Hall–Kier alpha value is -3.18. The summed E-state index contributed by atoms with van der Waals surface area (Å²) in [7, 11) is 3.24. The fraction of sp³-hybridized carbons (Fsp3) is 0.533. The largest absolute Gasteiger partial charge is 0.491 e. The van der Waals surface area contributed by atoms with E-state index in [1.165, 1.54) is 0 Å². The zero-order chi connectivity index (χ0) is 28.4. The second-order valence-electron chi connectivity index (χ2n) is 9.24. The lowest BCUT2D eigenvalue weighted by Gasteiger charge is -2.25. The normalized spacial score (nSPS) is 16.8. The predicted molar refractivity (Wildman–Crippen MR) is 146 cm³/mol. The first-order valence-electron chi connectivity index (χ1n) is 13.6. The van der Waals surface area contributed by atoms with Crippen molar-refractivity contribution in [2.75, 3.05) is 67.1 Å². The first-order valence-corrected chi connectivity index (χ1v) is 13.6. The summed E-state index contributed by atoms with van der Waals surface area (Å²) in [6.45, 7) is 3.90. The molecule has 1 aliphatic rings. The van der Waals surface area contributed by atoms with Gasteiger partial charge in [0.2, 0.25) is 0 Å². The Morgan fingerprint density at radius 3 is 1.27 bits per heavy atom. The van der Waals surface area contributed by atoms with Gasteiger partial charge in [0.05, 0.1) is 51.5 Å². The monoisotopic (exact) mass is 560 g/mol. The van der Waals surface area contributed by atoms with E-state index < -0.39 is 0 Å². The van der Waals surface area contributed by atoms with Crippen LogP contribution in [0.25, 0.3) is 0 Å². The predicted octanol–water partition coefficient (Wildman–Crippen LogP) is 4.09. The molecule has 0 amide bonds. The van der Waals surface area contributed by atoms with Gasteiger partial charge >= 0.3 is 11.9 Å². The number of hydrogen-bond donors (Lipinski definition) is 0. The van der Waals surface area contributed by atoms with E-state index in [-0.39, 0.29) is 23.8 Å². The minimum absolute atomic E-state index is 0.245. The molecule has 0 N–H and O–H groups in total. The minimum atomic E-state index is -0.286. The summed E-state index contributed by atoms with van der Waals surface area (Å²) in [6, 6.07) is 13.8. The maximum Gasteiger partial charge on any atom is 0.314 e. The van der Waals surface area contributed by atoms with E-state index in [9.17, 15) is 9.59 Å². The Balaban J connectivity index is 1.30. The van der Waals surface area contributed by atoms with E-state index in [1.54, 1.807) is 62.8 Å². The van der Waals surface area contributed by atoms with Crippen molar-refractivity contribution < 1.29 is 47.5 Å². The number of benzene rings is 2. The molecule has 0 spiro atoms. The molecule has 0 aromatic heterocycles. The smallest absolute Gasteiger partial charge is 0.314 e. The van der Waals surface area contributed by atoms with E-state index in [2.05, 4.69) is 0 Å². The maximum absolute atomic E-state index is 12.7. The van der Waals surface area contributed by atoms with Crippen LogP contribution in [0.15, 0.2) is 48.5 Å². The standard InChI is InChI=1S/C30H40O10/c1-33-15-17-35-18-19-36-20-22-38-26-9-13-28(14-10-26)40-30(32)24-5-3-23(4-6-24)29(31)39-27-11-7-25(8-12-27)37-21-16-34-2/h7-14,23-24H,3-6,15-22H2,1-2H3/t23-,24-. The van der Waals surface area contributed by atoms with Gasteiger partial charge in [-0.05, 0) is 74.2 Å². The van der Waals surface area contributed by atoms with Crippen LogP contribution in [0.3, 0.4) is 0 Å². The highest BCUT2D eigenvalue weighted by Crippen LogP contribution is 2.32. The van der Waals surface area contributed by atoms with E-state index >= 15 is 0 Å². The van der Waals surface area contributed by atoms with Crippen LogP contribution in [0.5, 0.6) is 23.0 Å². The van der Waals surface area contributed by atoms with Crippen molar-refractivity contribution in [1.82, 2.24) is 0 Å². The van der Waals surface area contributed by atoms with Crippen LogP contribution in [0, 0.1) is 11.8 Å². The highest BCUT2D eigenvalue weighted by atomic mass is 16.6. The molecule has 1 fully saturated rings. The summed E-state index contributed by atoms with van der Waals surface area (Å²) < 4.78 is 42.9. The molecule has 1 aliphatic carbocycles. The van der Waals surface area contributed by atoms with Gasteiger partial charge in [0.15, 0.2) is 0 Å². The summed E-state index contributed by atoms with van der Waals surface area (Å²) >= 11 is 0. The van der Waals surface area contributed by atoms with Gasteiger partial charge in [-0.3, -0.25) is 9.59 Å². The third-order valence-corrected chi connectivity index (χ3v) is 6.33. The van der Waals surface area contributed by atoms with Gasteiger partial charge in [-0.2, -0.15) is 0 Å². The highest BCUT2D eigenvalue weighted by molar-refractivity contribution is 5.77. The van der Waals surface area contributed by atoms with Crippen LogP contribution < -0.4 is 18.9 Å². The number of carbonyl (C=O) groups is 2. The molecule has 0 heterocycles. The molecule has 0 aliphatic heterocycles. The number of methoxy groups -OCH3 is 2. The van der Waals surface area contributed by atoms with E-state index in [0.717, 1.165) is 0 Å². The molecule has 2 aromatic carbocycles. The van der Waals surface area contributed by atoms with Crippen molar-refractivity contribution in [3.63, 3.8) is 0 Å². The molecular weight excluding hydrogens is 520 g/mol. The fourth-order valence-corrected chi connectivity index (χ4v) is 4.10. The average Bonchev–Trinajstić information content (AvgIpc) is 2.98. The molecule has 10 heteroatoms. The molecule has 0 bridgehead atoms. The molecular formula is C30H40O10. The molecule has 10 nitrogen and oxygen atoms in total. The molecule has 0 unspecified atom stereocenters. The van der Waals surface area contributed by atoms with Gasteiger partial charge in [0.25, 0.3) is 0 Å². The second kappa shape index (κ2) is 18.2. The van der Waals surface area contributed by atoms with Crippen molar-refractivity contribution in [2.24, 2.45) is 11.8 Å². The van der Waals surface area contributed by atoms with Gasteiger partial charge in [-0.25, -0.2) is 0 Å². The third kappa shape index (κ3) is 11.5. The van der Waals surface area contributed by atoms with Crippen molar-refractivity contribution in [1.29, 1.82) is 0 Å². The molecule has 2 aromatic rings. The SMILES string of the molecule is COCCOCCOCCOc1ccc(OC(=O)[C@H]2CC[C@H](C(=O)Oc3ccc(OCCOC)cc3)CC2)cc1. The summed E-state index contributed by atoms with van der Waals surface area (Å²) in [5.74, 6) is 1.20. The summed E-state index contributed by atoms with van der Waals surface area (Å²) in [5.41, 5.74) is 0. The van der Waals surface area contributed by atoms with Crippen LogP contribution in [0.2, 0.25) is 0 Å². The zero-order valence-electron chi connectivity index (χ0n) is 23.3. The van der Waals surface area contributed by atoms with E-state index in [0.29, 0.717) is 102 Å². The first-order chi connectivity index (χ1) is 19.6. The third-order valence-electron chi connectivity index (χ3n) is 6.33. The van der Waals surface area contributed by atoms with E-state index in [1.807, 2.05) is 0 Å². The number of carbonyl (C=O) groups excluding carboxylic acids is 2. The molecule has 0 radical (unpaired) electrons. The van der Waals surface area contributed by atoms with Crippen LogP contribution in [-0.2, 0) is 28.5 Å². The van der Waals surface area contributed by atoms with Gasteiger partial charge in [-0.1, -0.05) is 0 Å². The van der Waals surface area contributed by atoms with Gasteiger partial charge in [0.1, 0.15) is 36.2 Å². The topological polar surface area (TPSA) is 108 Å². The lowest BCUT2D eigenvalue weighted by molar-refractivity contribution is -0.145. The second-order valence-corrected chi connectivity index (χ2v) is 9.24. The van der Waals surface area contributed by atoms with Crippen LogP contribution >= 0.6 is 0 Å². The summed E-state index contributed by atoms with van der Waals surface area (Å²) in [4.78, 5) is 25.3. The van der Waals surface area contributed by atoms with Crippen molar-refractivity contribution in [2.45, 2.75) is 25.7 Å². The molecule has 40 heavy (non-hydrogen) atoms. The van der Waals surface area contributed by atoms with Crippen LogP contribution in [0.1, 0.15) is 25.7 Å². The highest BCUT2D eigenvalue weighted by Gasteiger charge is 2.32. The van der Waals surface area contributed by atoms with Gasteiger partial charge < -0.3 is 37.9 Å². The Kier molecular flexibility index (Phi) is 14.3. The van der Waals surface area contributed by atoms with Crippen molar-refractivity contribution >= 4 is 11.9 Å². The Morgan fingerprint density at radius 1 is 0.525 bits per heavy atom. The molecule has 0 atom stereocenters. The molecule has 3 rings (SSSR count). The molecule has 1 saturated carbocycles. The lowest BCUT2D eigenvalue weighted by atomic mass is 9.82. The Morgan fingerprint density at radius 2 is 0.850 bits per heavy atom. The quantitative estimate of drug-likeness (QED) is 0.150. The number of hydrogen-bond acceptors (Lipinski definition) is 10. The maximum atomic E-state index is 12.7. The number of rotatable bonds is 18. The van der Waals surface area contributed by atoms with Crippen LogP contribution in [-0.4, -0.2) is 79.0 Å². The van der Waals surface area contributed by atoms with Gasteiger partial charge in [-0.15, -0.1) is 0 Å². The van der Waals surface area contributed by atoms with Crippen LogP contribution in [0.4, 0.5) is 0 Å². The van der Waals surface area contributed by atoms with Gasteiger partial charge in [0, 0.05) is 14.2 Å². The summed E-state index contributed by atoms with van der Waals surface area (Å²) in [6.07, 6.45) is 2.29.